The first-order chi connectivity index (χ1) is 12.1. The monoisotopic (exact) mass is 381 g/mol. The summed E-state index contributed by atoms with van der Waals surface area (Å²) in [6.07, 6.45) is 1.23. The lowest BCUT2D eigenvalue weighted by Crippen LogP contribution is -2.47. The van der Waals surface area contributed by atoms with Gasteiger partial charge in [0.25, 0.3) is 5.79 Å². The second kappa shape index (κ2) is 5.46. The van der Waals surface area contributed by atoms with Gasteiger partial charge in [0.2, 0.25) is 0 Å². The van der Waals surface area contributed by atoms with E-state index < -0.39 is 28.3 Å². The summed E-state index contributed by atoms with van der Waals surface area (Å²) in [6.45, 7) is 3.83. The number of ether oxygens (including phenoxy) is 3. The third kappa shape index (κ3) is 2.67. The molecule has 0 aliphatic carbocycles. The van der Waals surface area contributed by atoms with E-state index >= 15 is 0 Å². The van der Waals surface area contributed by atoms with Gasteiger partial charge in [0.15, 0.2) is 5.57 Å². The van der Waals surface area contributed by atoms with Crippen molar-refractivity contribution in [3.8, 4) is 0 Å². The zero-order valence-electron chi connectivity index (χ0n) is 14.3. The van der Waals surface area contributed by atoms with Crippen LogP contribution in [0, 0.1) is 0 Å². The highest BCUT2D eigenvalue weighted by molar-refractivity contribution is 8.24. The topological polar surface area (TPSA) is 114 Å². The number of esters is 2. The standard InChI is InChI=1S/C17H19NO7S/c1-16(2)24-14(19)11(15(20)25-16)6-18-10-3-4-13-12(5-10)17(7-23-8-17)9-26(13,21)22/h3-6,18,21-22H,7-9H2,1-2H3. The number of hydrogen-bond acceptors (Lipinski definition) is 8. The van der Waals surface area contributed by atoms with Crippen LogP contribution in [0.15, 0.2) is 34.9 Å². The fourth-order valence-electron chi connectivity index (χ4n) is 3.38. The van der Waals surface area contributed by atoms with E-state index in [-0.39, 0.29) is 16.7 Å². The van der Waals surface area contributed by atoms with Gasteiger partial charge in [0.1, 0.15) is 0 Å². The van der Waals surface area contributed by atoms with Crippen molar-refractivity contribution in [2.75, 3.05) is 24.3 Å². The molecule has 0 atom stereocenters. The molecule has 0 bridgehead atoms. The van der Waals surface area contributed by atoms with Crippen LogP contribution in [-0.4, -0.2) is 45.8 Å². The Kier molecular flexibility index (Phi) is 3.65. The molecule has 4 rings (SSSR count). The van der Waals surface area contributed by atoms with E-state index in [4.69, 9.17) is 14.2 Å². The first-order valence-corrected chi connectivity index (χ1v) is 9.75. The molecule has 3 aliphatic rings. The minimum absolute atomic E-state index is 0.240. The first kappa shape index (κ1) is 17.3. The van der Waals surface area contributed by atoms with Gasteiger partial charge in [-0.05, 0) is 23.8 Å². The maximum atomic E-state index is 12.0. The lowest BCUT2D eigenvalue weighted by molar-refractivity contribution is -0.222. The van der Waals surface area contributed by atoms with E-state index in [1.54, 1.807) is 18.2 Å². The first-order valence-electron chi connectivity index (χ1n) is 8.04. The predicted molar refractivity (Wildman–Crippen MR) is 92.9 cm³/mol. The molecule has 1 spiro atoms. The van der Waals surface area contributed by atoms with E-state index in [1.165, 1.54) is 20.0 Å². The second-order valence-corrected chi connectivity index (χ2v) is 9.24. The number of hydrogen-bond donors (Lipinski definition) is 3. The third-order valence-corrected chi connectivity index (χ3v) is 6.65. The van der Waals surface area contributed by atoms with Gasteiger partial charge in [0, 0.05) is 25.7 Å². The minimum atomic E-state index is -2.83. The molecule has 2 saturated heterocycles. The Bertz CT molecular complexity index is 820. The number of rotatable bonds is 2. The smallest absolute Gasteiger partial charge is 0.350 e. The summed E-state index contributed by atoms with van der Waals surface area (Å²) in [6, 6.07) is 5.10. The molecule has 9 heteroatoms. The quantitative estimate of drug-likeness (QED) is 0.406. The van der Waals surface area contributed by atoms with Gasteiger partial charge in [-0.3, -0.25) is 9.11 Å². The van der Waals surface area contributed by atoms with Gasteiger partial charge in [0.05, 0.1) is 29.3 Å². The van der Waals surface area contributed by atoms with Gasteiger partial charge in [-0.1, -0.05) is 0 Å². The summed E-state index contributed by atoms with van der Waals surface area (Å²) in [5, 5.41) is 2.89. The lowest BCUT2D eigenvalue weighted by Gasteiger charge is -2.40. The van der Waals surface area contributed by atoms with E-state index in [9.17, 15) is 18.7 Å². The van der Waals surface area contributed by atoms with Crippen LogP contribution in [0.1, 0.15) is 19.4 Å². The van der Waals surface area contributed by atoms with Crippen molar-refractivity contribution in [2.24, 2.45) is 0 Å². The van der Waals surface area contributed by atoms with Gasteiger partial charge in [-0.25, -0.2) is 9.59 Å². The van der Waals surface area contributed by atoms with Crippen molar-refractivity contribution in [3.05, 3.63) is 35.5 Å². The van der Waals surface area contributed by atoms with Crippen LogP contribution in [0.5, 0.6) is 0 Å². The molecule has 0 aromatic heterocycles. The molecular weight excluding hydrogens is 362 g/mol. The number of fused-ring (bicyclic) bond motifs is 2. The molecule has 0 unspecified atom stereocenters. The average Bonchev–Trinajstić information content (AvgIpc) is 2.73. The van der Waals surface area contributed by atoms with Crippen molar-refractivity contribution in [1.82, 2.24) is 0 Å². The van der Waals surface area contributed by atoms with Crippen LogP contribution in [0.25, 0.3) is 0 Å². The summed E-state index contributed by atoms with van der Waals surface area (Å²) in [5.41, 5.74) is 0.800. The number of benzene rings is 1. The normalized spacial score (nSPS) is 25.6. The Hall–Kier alpha value is -2.07. The van der Waals surface area contributed by atoms with Gasteiger partial charge >= 0.3 is 11.9 Å². The van der Waals surface area contributed by atoms with Crippen molar-refractivity contribution < 1.29 is 32.9 Å². The molecule has 3 N–H and O–H groups in total. The Morgan fingerprint density at radius 2 is 1.81 bits per heavy atom. The summed E-state index contributed by atoms with van der Waals surface area (Å²) >= 11 is 0. The molecular formula is C17H19NO7S. The molecule has 0 radical (unpaired) electrons. The Morgan fingerprint density at radius 3 is 2.38 bits per heavy atom. The van der Waals surface area contributed by atoms with Gasteiger partial charge in [-0.2, -0.15) is 10.6 Å². The molecule has 8 nitrogen and oxygen atoms in total. The Labute approximate surface area is 151 Å². The molecule has 0 saturated carbocycles. The molecule has 26 heavy (non-hydrogen) atoms. The van der Waals surface area contributed by atoms with Crippen molar-refractivity contribution in [3.63, 3.8) is 0 Å². The van der Waals surface area contributed by atoms with Crippen molar-refractivity contribution in [1.29, 1.82) is 0 Å². The van der Waals surface area contributed by atoms with Crippen LogP contribution < -0.4 is 5.32 Å². The zero-order valence-corrected chi connectivity index (χ0v) is 15.1. The number of nitrogens with one attached hydrogen (secondary N) is 1. The van der Waals surface area contributed by atoms with Gasteiger partial charge < -0.3 is 19.5 Å². The zero-order chi connectivity index (χ0) is 18.7. The number of carbonyl (C=O) groups excluding carboxylic acids is 2. The highest BCUT2D eigenvalue weighted by Gasteiger charge is 2.52. The van der Waals surface area contributed by atoms with Crippen LogP contribution in [-0.2, 0) is 29.2 Å². The highest BCUT2D eigenvalue weighted by atomic mass is 32.3. The molecule has 2 fully saturated rings. The van der Waals surface area contributed by atoms with Crippen LogP contribution >= 0.6 is 10.6 Å². The summed E-state index contributed by atoms with van der Waals surface area (Å²) in [4.78, 5) is 24.4. The van der Waals surface area contributed by atoms with Crippen LogP contribution in [0.3, 0.4) is 0 Å². The number of carbonyl (C=O) groups is 2. The molecule has 1 aromatic rings. The highest BCUT2D eigenvalue weighted by Crippen LogP contribution is 2.63. The molecule has 140 valence electrons. The second-order valence-electron chi connectivity index (χ2n) is 7.18. The van der Waals surface area contributed by atoms with Gasteiger partial charge in [-0.15, -0.1) is 0 Å². The third-order valence-electron chi connectivity index (χ3n) is 4.64. The SMILES string of the molecule is CC1(C)OC(=O)C(=CNc2ccc3c(c2)C2(COC2)CS3(O)O)C(=O)O1. The van der Waals surface area contributed by atoms with E-state index in [0.717, 1.165) is 5.56 Å². The maximum Gasteiger partial charge on any atom is 0.350 e. The van der Waals surface area contributed by atoms with Crippen LogP contribution in [0.4, 0.5) is 5.69 Å². The molecule has 0 amide bonds. The fourth-order valence-corrected chi connectivity index (χ4v) is 5.54. The largest absolute Gasteiger partial charge is 0.419 e. The summed E-state index contributed by atoms with van der Waals surface area (Å²) in [7, 11) is -2.83. The van der Waals surface area contributed by atoms with E-state index in [1.807, 2.05) is 0 Å². The minimum Gasteiger partial charge on any atom is -0.419 e. The number of cyclic esters (lactones) is 2. The Morgan fingerprint density at radius 1 is 1.15 bits per heavy atom. The van der Waals surface area contributed by atoms with Crippen molar-refractivity contribution in [2.45, 2.75) is 29.9 Å². The number of anilines is 1. The van der Waals surface area contributed by atoms with E-state index in [2.05, 4.69) is 5.32 Å². The summed E-state index contributed by atoms with van der Waals surface area (Å²) < 4.78 is 36.0. The maximum absolute atomic E-state index is 12.0. The average molecular weight is 381 g/mol. The van der Waals surface area contributed by atoms with E-state index in [0.29, 0.717) is 23.8 Å². The fraction of sp³-hybridized carbons (Fsp3) is 0.412. The molecule has 1 aromatic carbocycles. The summed E-state index contributed by atoms with van der Waals surface area (Å²) in [5.74, 6) is -2.56. The lowest BCUT2D eigenvalue weighted by atomic mass is 9.81. The molecule has 3 heterocycles. The van der Waals surface area contributed by atoms with Crippen LogP contribution in [0.2, 0.25) is 0 Å². The van der Waals surface area contributed by atoms with Crippen molar-refractivity contribution >= 4 is 28.2 Å². The predicted octanol–water partition coefficient (Wildman–Crippen LogP) is 2.21. The molecule has 3 aliphatic heterocycles. The Balaban J connectivity index is 1.60.